The molecule has 2 N–H and O–H groups in total. The monoisotopic (exact) mass is 231 g/mol. The van der Waals surface area contributed by atoms with Crippen LogP contribution in [0.2, 0.25) is 0 Å². The van der Waals surface area contributed by atoms with Crippen molar-refractivity contribution < 1.29 is 14.7 Å². The quantitative estimate of drug-likeness (QED) is 0.628. The van der Waals surface area contributed by atoms with Crippen LogP contribution in [-0.2, 0) is 0 Å². The zero-order valence-electron chi connectivity index (χ0n) is 10.7. The molecule has 0 aromatic heterocycles. The molecule has 0 bridgehead atoms. The van der Waals surface area contributed by atoms with Crippen LogP contribution in [-0.4, -0.2) is 78.1 Å². The van der Waals surface area contributed by atoms with Gasteiger partial charge in [0.2, 0.25) is 0 Å². The van der Waals surface area contributed by atoms with Gasteiger partial charge in [0.05, 0.1) is 38.9 Å². The number of hydrogen-bond acceptors (Lipinski definition) is 3. The van der Waals surface area contributed by atoms with Crippen molar-refractivity contribution in [2.45, 2.75) is 26.3 Å². The molecule has 1 aliphatic heterocycles. The average molecular weight is 231 g/mol. The van der Waals surface area contributed by atoms with Crippen LogP contribution in [0.15, 0.2) is 0 Å². The second-order valence-electron chi connectivity index (χ2n) is 4.83. The van der Waals surface area contributed by atoms with Crippen molar-refractivity contribution in [1.82, 2.24) is 4.90 Å². The first-order valence-electron chi connectivity index (χ1n) is 6.52. The number of β-amino-alcohol motifs (C(OH)–C–C–N with tert-alkyl or cyclic N) is 1. The van der Waals surface area contributed by atoms with Gasteiger partial charge in [0, 0.05) is 13.1 Å². The van der Waals surface area contributed by atoms with Gasteiger partial charge in [-0.15, -0.1) is 0 Å². The highest BCUT2D eigenvalue weighted by Crippen LogP contribution is 2.19. The number of aliphatic hydroxyl groups is 2. The van der Waals surface area contributed by atoms with Gasteiger partial charge < -0.3 is 14.7 Å². The van der Waals surface area contributed by atoms with Crippen molar-refractivity contribution in [2.75, 3.05) is 52.5 Å². The molecule has 1 heterocycles. The van der Waals surface area contributed by atoms with E-state index in [0.717, 1.165) is 50.2 Å². The van der Waals surface area contributed by atoms with Crippen LogP contribution >= 0.6 is 0 Å². The number of likely N-dealkylation sites (N-methyl/N-ethyl adjacent to an activating group) is 1. The van der Waals surface area contributed by atoms with Crippen molar-refractivity contribution in [2.24, 2.45) is 0 Å². The molecule has 2 atom stereocenters. The van der Waals surface area contributed by atoms with E-state index in [0.29, 0.717) is 6.04 Å². The molecular weight excluding hydrogens is 204 g/mol. The van der Waals surface area contributed by atoms with Gasteiger partial charge in [0.15, 0.2) is 0 Å². The van der Waals surface area contributed by atoms with Gasteiger partial charge in [-0.1, -0.05) is 6.92 Å². The molecule has 0 spiro atoms. The van der Waals surface area contributed by atoms with Crippen molar-refractivity contribution in [1.29, 1.82) is 0 Å². The molecule has 2 unspecified atom stereocenters. The third-order valence-electron chi connectivity index (χ3n) is 4.08. The van der Waals surface area contributed by atoms with Crippen LogP contribution in [0.4, 0.5) is 0 Å². The van der Waals surface area contributed by atoms with Gasteiger partial charge >= 0.3 is 0 Å². The van der Waals surface area contributed by atoms with Gasteiger partial charge in [0.1, 0.15) is 6.54 Å². The Hall–Kier alpha value is -0.160. The summed E-state index contributed by atoms with van der Waals surface area (Å²) in [5, 5.41) is 18.2. The first-order valence-corrected chi connectivity index (χ1v) is 6.52. The minimum absolute atomic E-state index is 0.253. The Kier molecular flexibility index (Phi) is 5.69. The predicted octanol–water partition coefficient (Wildman–Crippen LogP) is -0.0981. The van der Waals surface area contributed by atoms with E-state index in [-0.39, 0.29) is 13.2 Å². The molecule has 4 nitrogen and oxygen atoms in total. The van der Waals surface area contributed by atoms with Crippen molar-refractivity contribution in [3.05, 3.63) is 0 Å². The third-order valence-corrected chi connectivity index (χ3v) is 4.08. The summed E-state index contributed by atoms with van der Waals surface area (Å²) in [7, 11) is 0. The summed E-state index contributed by atoms with van der Waals surface area (Å²) in [6, 6.07) is 0.562. The number of nitrogens with zero attached hydrogens (tertiary/aromatic N) is 2. The minimum Gasteiger partial charge on any atom is -0.395 e. The summed E-state index contributed by atoms with van der Waals surface area (Å²) in [4.78, 5) is 2.39. The number of quaternary nitrogens is 1. The molecule has 1 rings (SSSR count). The van der Waals surface area contributed by atoms with E-state index >= 15 is 0 Å². The lowest BCUT2D eigenvalue weighted by molar-refractivity contribution is -0.933. The van der Waals surface area contributed by atoms with Crippen LogP contribution in [0.3, 0.4) is 0 Å². The van der Waals surface area contributed by atoms with Crippen LogP contribution in [0.1, 0.15) is 20.3 Å². The first kappa shape index (κ1) is 13.9. The Morgan fingerprint density at radius 1 is 1.25 bits per heavy atom. The maximum atomic E-state index is 9.17. The molecule has 0 radical (unpaired) electrons. The number of hydrogen-bond donors (Lipinski definition) is 2. The van der Waals surface area contributed by atoms with Gasteiger partial charge in [0.25, 0.3) is 0 Å². The molecule has 1 aliphatic rings. The van der Waals surface area contributed by atoms with Crippen molar-refractivity contribution in [3.63, 3.8) is 0 Å². The summed E-state index contributed by atoms with van der Waals surface area (Å²) in [6.45, 7) is 11.0. The highest BCUT2D eigenvalue weighted by molar-refractivity contribution is 4.75. The molecule has 1 saturated heterocycles. The fourth-order valence-corrected chi connectivity index (χ4v) is 2.85. The normalized spacial score (nSPS) is 31.9. The molecule has 96 valence electrons. The minimum atomic E-state index is 0.253. The standard InChI is InChI=1S/C12H27N2O2/c1-3-12-11-14(4-2,8-10-16)7-5-13(12)6-9-15/h12,15-16H,3-11H2,1-2H3/q+1. The van der Waals surface area contributed by atoms with Crippen molar-refractivity contribution in [3.8, 4) is 0 Å². The van der Waals surface area contributed by atoms with Crippen LogP contribution in [0.25, 0.3) is 0 Å². The van der Waals surface area contributed by atoms with Gasteiger partial charge in [-0.2, -0.15) is 0 Å². The topological polar surface area (TPSA) is 43.7 Å². The highest BCUT2D eigenvalue weighted by Gasteiger charge is 2.36. The van der Waals surface area contributed by atoms with Gasteiger partial charge in [-0.25, -0.2) is 0 Å². The summed E-state index contributed by atoms with van der Waals surface area (Å²) in [6.07, 6.45) is 1.13. The maximum Gasteiger partial charge on any atom is 0.102 e. The van der Waals surface area contributed by atoms with E-state index in [4.69, 9.17) is 5.11 Å². The van der Waals surface area contributed by atoms with E-state index < -0.39 is 0 Å². The van der Waals surface area contributed by atoms with Crippen molar-refractivity contribution >= 4 is 0 Å². The van der Waals surface area contributed by atoms with Crippen LogP contribution < -0.4 is 0 Å². The average Bonchev–Trinajstić information content (AvgIpc) is 2.32. The lowest BCUT2D eigenvalue weighted by atomic mass is 10.1. The molecule has 0 amide bonds. The molecule has 0 aromatic carbocycles. The number of rotatable bonds is 6. The third kappa shape index (κ3) is 3.17. The SMILES string of the molecule is CCC1C[N+](CC)(CCO)CCN1CCO. The van der Waals surface area contributed by atoms with E-state index in [1.807, 2.05) is 0 Å². The van der Waals surface area contributed by atoms with E-state index in [9.17, 15) is 5.11 Å². The Bertz CT molecular complexity index is 201. The predicted molar refractivity (Wildman–Crippen MR) is 65.2 cm³/mol. The number of piperazine rings is 1. The van der Waals surface area contributed by atoms with E-state index in [2.05, 4.69) is 18.7 Å². The maximum absolute atomic E-state index is 9.17. The van der Waals surface area contributed by atoms with Gasteiger partial charge in [-0.05, 0) is 13.3 Å². The largest absolute Gasteiger partial charge is 0.395 e. The Morgan fingerprint density at radius 2 is 2.00 bits per heavy atom. The lowest BCUT2D eigenvalue weighted by Crippen LogP contribution is -2.64. The summed E-state index contributed by atoms with van der Waals surface area (Å²) >= 11 is 0. The second-order valence-corrected chi connectivity index (χ2v) is 4.83. The summed E-state index contributed by atoms with van der Waals surface area (Å²) in [5.41, 5.74) is 0. The van der Waals surface area contributed by atoms with E-state index in [1.54, 1.807) is 0 Å². The Balaban J connectivity index is 2.62. The molecule has 16 heavy (non-hydrogen) atoms. The van der Waals surface area contributed by atoms with Gasteiger partial charge in [-0.3, -0.25) is 4.90 Å². The molecular formula is C12H27N2O2+. The fraction of sp³-hybridized carbons (Fsp3) is 1.00. The Labute approximate surface area is 99.1 Å². The molecule has 4 heteroatoms. The van der Waals surface area contributed by atoms with Crippen LogP contribution in [0, 0.1) is 0 Å². The Morgan fingerprint density at radius 3 is 2.50 bits per heavy atom. The molecule has 0 aromatic rings. The highest BCUT2D eigenvalue weighted by atomic mass is 16.3. The van der Waals surface area contributed by atoms with Crippen LogP contribution in [0.5, 0.6) is 0 Å². The lowest BCUT2D eigenvalue weighted by Gasteiger charge is -2.48. The smallest absolute Gasteiger partial charge is 0.102 e. The zero-order chi connectivity index (χ0) is 12.0. The van der Waals surface area contributed by atoms with E-state index in [1.165, 1.54) is 0 Å². The summed E-state index contributed by atoms with van der Waals surface area (Å²) in [5.74, 6) is 0. The molecule has 0 saturated carbocycles. The zero-order valence-corrected chi connectivity index (χ0v) is 10.7. The molecule has 1 fully saturated rings. The second kappa shape index (κ2) is 6.55. The first-order chi connectivity index (χ1) is 7.71. The molecule has 0 aliphatic carbocycles. The summed E-state index contributed by atoms with van der Waals surface area (Å²) < 4.78 is 1.04. The number of aliphatic hydroxyl groups excluding tert-OH is 2. The fourth-order valence-electron chi connectivity index (χ4n) is 2.85.